The normalized spacial score (nSPS) is 13.4. The first kappa shape index (κ1) is 86.4. The van der Waals surface area contributed by atoms with E-state index in [9.17, 15) is 19.2 Å². The Kier molecular flexibility index (Phi) is 32.2. The van der Waals surface area contributed by atoms with E-state index < -0.39 is 0 Å². The zero-order chi connectivity index (χ0) is 81.4. The van der Waals surface area contributed by atoms with Gasteiger partial charge >= 0.3 is 0 Å². The standard InChI is InChI=1S/C22H26N4O2S2.3C22H26N4OS2/c1-28-13-12-23-11-9-19(27)26-22-20(15-6-2-3-8-18(15)30-22)21-25-17(14-29-21)16-7-4-5-10-24-16;1-14(2)23-12-10-19(27)26-22-20(15-7-3-4-9-18(15)29-22)21-25-17(13-28-21)16-8-5-6-11-24-16;1-14(2)24-11-9-19(27)26-22-20(16-7-3-4-8-18(16)29-22)21-25-17(13-28-21)15-6-5-10-23-12-15;1-14(2)24-12-9-19(27)26-22-20(16-5-3-4-6-18(16)29-22)21-25-17(13-28-21)15-7-10-23-11-8-15/h4-5,7,10,14,23H,2-3,6,8-9,11-13H2,1H3,(H,26,27);5-6,8,11,13-14,23H,3-4,7,9-10,12H2,1-2H3,(H,26,27);5-6,10,12-14,24H,3-4,7-9,11H2,1-2H3,(H,26,27);7-8,10-11,13-14,24H,3-6,9,12H2,1-2H3,(H,26,27). The summed E-state index contributed by atoms with van der Waals surface area (Å²) in [5.74, 6) is 0.201. The van der Waals surface area contributed by atoms with E-state index in [0.29, 0.717) is 76.6 Å². The Hall–Kier alpha value is -8.40. The molecule has 0 spiro atoms. The van der Waals surface area contributed by atoms with E-state index in [1.807, 2.05) is 66.9 Å². The fraction of sp³-hybridized carbons (Fsp3) is 0.409. The maximum Gasteiger partial charge on any atom is 0.226 e. The van der Waals surface area contributed by atoms with Gasteiger partial charge in [-0.3, -0.25) is 39.1 Å². The van der Waals surface area contributed by atoms with Crippen molar-refractivity contribution in [1.82, 2.24) is 61.1 Å². The molecule has 117 heavy (non-hydrogen) atoms. The Balaban J connectivity index is 0.000000135. The molecule has 12 aromatic heterocycles. The molecule has 0 atom stereocenters. The van der Waals surface area contributed by atoms with Crippen LogP contribution in [0, 0.1) is 0 Å². The molecule has 0 saturated heterocycles. The van der Waals surface area contributed by atoms with Gasteiger partial charge in [0.1, 0.15) is 51.4 Å². The summed E-state index contributed by atoms with van der Waals surface area (Å²) in [6, 6.07) is 20.8. The van der Waals surface area contributed by atoms with Crippen molar-refractivity contribution < 1.29 is 23.9 Å². The van der Waals surface area contributed by atoms with E-state index in [1.165, 1.54) is 93.1 Å². The smallest absolute Gasteiger partial charge is 0.226 e. The van der Waals surface area contributed by atoms with Crippen molar-refractivity contribution in [2.24, 2.45) is 0 Å². The average molecular weight is 1720 g/mol. The van der Waals surface area contributed by atoms with Gasteiger partial charge in [-0.25, -0.2) is 19.9 Å². The Morgan fingerprint density at radius 1 is 0.368 bits per heavy atom. The third kappa shape index (κ3) is 23.8. The van der Waals surface area contributed by atoms with Gasteiger partial charge < -0.3 is 47.3 Å². The van der Waals surface area contributed by atoms with E-state index in [0.717, 1.165) is 165 Å². The summed E-state index contributed by atoms with van der Waals surface area (Å²) in [4.78, 5) is 92.5. The van der Waals surface area contributed by atoms with E-state index in [1.54, 1.807) is 129 Å². The van der Waals surface area contributed by atoms with E-state index in [2.05, 4.69) is 126 Å². The second-order valence-corrected chi connectivity index (χ2v) is 37.8. The lowest BCUT2D eigenvalue weighted by molar-refractivity contribution is -0.116. The topological polar surface area (TPSA) is 277 Å². The predicted molar refractivity (Wildman–Crippen MR) is 488 cm³/mol. The minimum Gasteiger partial charge on any atom is -0.383 e. The zero-order valence-corrected chi connectivity index (χ0v) is 74.1. The van der Waals surface area contributed by atoms with Crippen LogP contribution in [0.2, 0.25) is 0 Å². The minimum absolute atomic E-state index is 0.0290. The first-order chi connectivity index (χ1) is 57.1. The summed E-state index contributed by atoms with van der Waals surface area (Å²) >= 11 is 13.5. The predicted octanol–water partition coefficient (Wildman–Crippen LogP) is 19.8. The van der Waals surface area contributed by atoms with Crippen LogP contribution in [0.25, 0.3) is 87.6 Å². The molecule has 12 heterocycles. The van der Waals surface area contributed by atoms with E-state index in [4.69, 9.17) is 24.7 Å². The number of thiophene rings is 4. The quantitative estimate of drug-likeness (QED) is 0.0194. The van der Waals surface area contributed by atoms with Crippen LogP contribution in [0.3, 0.4) is 0 Å². The monoisotopic (exact) mass is 1720 g/mol. The molecule has 16 rings (SSSR count). The number of hydrogen-bond donors (Lipinski definition) is 8. The maximum atomic E-state index is 12.6. The highest BCUT2D eigenvalue weighted by atomic mass is 32.1. The van der Waals surface area contributed by atoms with Gasteiger partial charge in [0.25, 0.3) is 0 Å². The maximum absolute atomic E-state index is 12.6. The van der Waals surface area contributed by atoms with Gasteiger partial charge in [-0.15, -0.1) is 90.7 Å². The highest BCUT2D eigenvalue weighted by molar-refractivity contribution is 7.20. The number of methoxy groups -OCH3 is 1. The number of thiazole rings is 4. The van der Waals surface area contributed by atoms with Crippen molar-refractivity contribution in [3.8, 4) is 87.6 Å². The van der Waals surface area contributed by atoms with Gasteiger partial charge in [0.05, 0.1) is 29.4 Å². The second-order valence-electron chi connectivity index (χ2n) is 30.0. The molecule has 4 amide bonds. The molecular formula is C88H104N16O5S8. The summed E-state index contributed by atoms with van der Waals surface area (Å²) in [5.41, 5.74) is 17.5. The third-order valence-electron chi connectivity index (χ3n) is 20.1. The summed E-state index contributed by atoms with van der Waals surface area (Å²) in [5, 5.41) is 41.8. The summed E-state index contributed by atoms with van der Waals surface area (Å²) in [6.45, 7) is 16.6. The van der Waals surface area contributed by atoms with Gasteiger partial charge in [0.15, 0.2) is 0 Å². The molecular weight excluding hydrogens is 1620 g/mol. The molecule has 0 radical (unpaired) electrons. The van der Waals surface area contributed by atoms with Gasteiger partial charge in [0.2, 0.25) is 23.6 Å². The Bertz CT molecular complexity index is 4820. The SMILES string of the molecule is CC(C)NCCC(=O)Nc1sc2c(c1-c1nc(-c3ccccn3)cs1)CCCC2.CC(C)NCCC(=O)Nc1sc2c(c1-c1nc(-c3cccnc3)cs1)CCCC2.CC(C)NCCC(=O)Nc1sc2c(c1-c1nc(-c3ccncc3)cs1)CCCC2.COCCNCCC(=O)Nc1sc2c(c1-c1nc(-c3ccccn3)cs1)CCCC2. The van der Waals surface area contributed by atoms with Crippen LogP contribution in [0.15, 0.2) is 119 Å². The minimum atomic E-state index is 0.0290. The number of pyridine rings is 4. The summed E-state index contributed by atoms with van der Waals surface area (Å²) in [7, 11) is 1.67. The van der Waals surface area contributed by atoms with Crippen molar-refractivity contribution in [2.75, 3.05) is 67.7 Å². The second kappa shape index (κ2) is 43.5. The molecule has 0 fully saturated rings. The summed E-state index contributed by atoms with van der Waals surface area (Å²) < 4.78 is 5.02. The number of rotatable bonds is 30. The molecule has 0 aliphatic heterocycles. The van der Waals surface area contributed by atoms with Gasteiger partial charge in [0, 0.05) is 195 Å². The Labute approximate surface area is 718 Å². The van der Waals surface area contributed by atoms with Crippen molar-refractivity contribution in [1.29, 1.82) is 0 Å². The fourth-order valence-corrected chi connectivity index (χ4v) is 23.4. The van der Waals surface area contributed by atoms with Crippen molar-refractivity contribution >= 4 is 134 Å². The molecule has 0 saturated carbocycles. The molecule has 21 nitrogen and oxygen atoms in total. The first-order valence-electron chi connectivity index (χ1n) is 40.8. The number of amides is 4. The fourth-order valence-electron chi connectivity index (χ4n) is 14.3. The molecule has 4 aliphatic carbocycles. The zero-order valence-electron chi connectivity index (χ0n) is 67.5. The number of aromatic nitrogens is 8. The number of carbonyl (C=O) groups excluding carboxylic acids is 4. The number of aryl methyl sites for hydroxylation is 4. The molecule has 8 N–H and O–H groups in total. The van der Waals surface area contributed by atoms with Crippen molar-refractivity contribution in [3.63, 3.8) is 0 Å². The van der Waals surface area contributed by atoms with Crippen LogP contribution >= 0.6 is 90.7 Å². The number of fused-ring (bicyclic) bond motifs is 4. The lowest BCUT2D eigenvalue weighted by Crippen LogP contribution is -2.27. The first-order valence-corrected chi connectivity index (χ1v) is 47.5. The Morgan fingerprint density at radius 3 is 1.06 bits per heavy atom. The van der Waals surface area contributed by atoms with Crippen LogP contribution in [-0.2, 0) is 75.3 Å². The van der Waals surface area contributed by atoms with Crippen LogP contribution in [-0.4, -0.2) is 128 Å². The summed E-state index contributed by atoms with van der Waals surface area (Å²) in [6.07, 6.45) is 30.9. The lowest BCUT2D eigenvalue weighted by Gasteiger charge is -2.12. The average Bonchev–Trinajstić information content (AvgIpc) is 1.64. The van der Waals surface area contributed by atoms with Gasteiger partial charge in [-0.1, -0.05) is 53.7 Å². The molecule has 0 aromatic carbocycles. The molecule has 4 aliphatic rings. The molecule has 29 heteroatoms. The number of ether oxygens (including phenoxy) is 1. The van der Waals surface area contributed by atoms with E-state index >= 15 is 0 Å². The number of hydrogen-bond acceptors (Lipinski definition) is 25. The molecule has 614 valence electrons. The lowest BCUT2D eigenvalue weighted by atomic mass is 9.95. The number of nitrogens with zero attached hydrogens (tertiary/aromatic N) is 8. The van der Waals surface area contributed by atoms with Crippen molar-refractivity contribution in [3.05, 3.63) is 161 Å². The van der Waals surface area contributed by atoms with Crippen LogP contribution in [0.5, 0.6) is 0 Å². The Morgan fingerprint density at radius 2 is 0.718 bits per heavy atom. The number of carbonyl (C=O) groups is 4. The molecule has 0 unspecified atom stereocenters. The largest absolute Gasteiger partial charge is 0.383 e. The molecule has 12 aromatic rings. The van der Waals surface area contributed by atoms with Gasteiger partial charge in [-0.2, -0.15) is 0 Å². The van der Waals surface area contributed by atoms with Crippen LogP contribution in [0.1, 0.15) is 160 Å². The van der Waals surface area contributed by atoms with Crippen LogP contribution in [0.4, 0.5) is 20.0 Å². The number of anilines is 4. The molecule has 0 bridgehead atoms. The van der Waals surface area contributed by atoms with E-state index in [-0.39, 0.29) is 23.6 Å². The van der Waals surface area contributed by atoms with Crippen molar-refractivity contribution in [2.45, 2.75) is 188 Å². The number of nitrogens with one attached hydrogen (secondary N) is 8. The van der Waals surface area contributed by atoms with Gasteiger partial charge in [-0.05, 0) is 174 Å². The highest BCUT2D eigenvalue weighted by Gasteiger charge is 2.31. The third-order valence-corrected chi connectivity index (χ3v) is 28.4. The highest BCUT2D eigenvalue weighted by Crippen LogP contribution is 2.50. The van der Waals surface area contributed by atoms with Crippen LogP contribution < -0.4 is 42.5 Å².